The quantitative estimate of drug-likeness (QED) is 0.649. The van der Waals surface area contributed by atoms with Gasteiger partial charge in [0.1, 0.15) is 0 Å². The van der Waals surface area contributed by atoms with Crippen LogP contribution in [0, 0.1) is 5.92 Å². The van der Waals surface area contributed by atoms with Crippen molar-refractivity contribution in [2.24, 2.45) is 11.7 Å². The van der Waals surface area contributed by atoms with Gasteiger partial charge in [-0.1, -0.05) is 0 Å². The molecule has 0 aromatic rings. The highest BCUT2D eigenvalue weighted by molar-refractivity contribution is 7.85. The molecule has 0 heterocycles. The molecule has 72 valence electrons. The fourth-order valence-corrected chi connectivity index (χ4v) is 2.36. The Balaban J connectivity index is 2.07. The molecule has 1 aliphatic carbocycles. The predicted octanol–water partition coefficient (Wildman–Crippen LogP) is 0.119. The molecular weight excluding hydrogens is 174 g/mol. The monoisotopic (exact) mass is 191 g/mol. The average molecular weight is 191 g/mol. The number of nitrogens with two attached hydrogens (primary N) is 1. The van der Waals surface area contributed by atoms with Gasteiger partial charge in [-0.25, -0.2) is 0 Å². The Morgan fingerprint density at radius 2 is 2.33 bits per heavy atom. The van der Waals surface area contributed by atoms with Crippen LogP contribution in [0.25, 0.3) is 0 Å². The Morgan fingerprint density at radius 1 is 1.67 bits per heavy atom. The Bertz CT molecular complexity index is 159. The zero-order valence-electron chi connectivity index (χ0n) is 7.49. The van der Waals surface area contributed by atoms with Crippen LogP contribution in [-0.2, 0) is 15.5 Å². The molecule has 0 aromatic carbocycles. The average Bonchev–Trinajstić information content (AvgIpc) is 2.82. The summed E-state index contributed by atoms with van der Waals surface area (Å²) in [6.45, 7) is 0.573. The maximum atomic E-state index is 11.3. The summed E-state index contributed by atoms with van der Waals surface area (Å²) in [4.78, 5) is 0. The lowest BCUT2D eigenvalue weighted by Crippen LogP contribution is -2.30. The van der Waals surface area contributed by atoms with Crippen molar-refractivity contribution in [3.63, 3.8) is 0 Å². The molecule has 0 spiro atoms. The third-order valence-electron chi connectivity index (χ3n) is 2.12. The van der Waals surface area contributed by atoms with Crippen LogP contribution in [0.5, 0.6) is 0 Å². The van der Waals surface area contributed by atoms with Gasteiger partial charge in [-0.05, 0) is 18.8 Å². The third kappa shape index (κ3) is 3.65. The van der Waals surface area contributed by atoms with E-state index in [0.717, 1.165) is 0 Å². The van der Waals surface area contributed by atoms with Gasteiger partial charge in [-0.15, -0.1) is 0 Å². The van der Waals surface area contributed by atoms with Crippen molar-refractivity contribution in [2.75, 3.05) is 25.2 Å². The fourth-order valence-electron chi connectivity index (χ4n) is 1.13. The molecule has 12 heavy (non-hydrogen) atoms. The van der Waals surface area contributed by atoms with E-state index in [4.69, 9.17) is 10.5 Å². The third-order valence-corrected chi connectivity index (χ3v) is 3.50. The standard InChI is InChI=1S/C8H17NO2S/c1-11-4-5-12(10)6-8(9)7-2-3-7/h7-8H,2-6,9H2,1H3. The highest BCUT2D eigenvalue weighted by Crippen LogP contribution is 2.31. The molecule has 2 atom stereocenters. The summed E-state index contributed by atoms with van der Waals surface area (Å²) in [7, 11) is 0.842. The van der Waals surface area contributed by atoms with Crippen LogP contribution in [0.4, 0.5) is 0 Å². The summed E-state index contributed by atoms with van der Waals surface area (Å²) in [5, 5.41) is 0. The summed E-state index contributed by atoms with van der Waals surface area (Å²) in [5.74, 6) is 1.92. The molecule has 1 aliphatic rings. The molecule has 2 N–H and O–H groups in total. The predicted molar refractivity (Wildman–Crippen MR) is 50.5 cm³/mol. The largest absolute Gasteiger partial charge is 0.384 e. The lowest BCUT2D eigenvalue weighted by molar-refractivity contribution is 0.218. The minimum absolute atomic E-state index is 0.155. The van der Waals surface area contributed by atoms with Crippen molar-refractivity contribution in [1.82, 2.24) is 0 Å². The first kappa shape index (κ1) is 10.2. The van der Waals surface area contributed by atoms with Crippen molar-refractivity contribution in [3.8, 4) is 0 Å². The first-order valence-corrected chi connectivity index (χ1v) is 5.82. The van der Waals surface area contributed by atoms with Gasteiger partial charge < -0.3 is 10.5 Å². The van der Waals surface area contributed by atoms with Gasteiger partial charge in [0.2, 0.25) is 0 Å². The summed E-state index contributed by atoms with van der Waals surface area (Å²) in [6, 6.07) is 0.155. The maximum absolute atomic E-state index is 11.3. The lowest BCUT2D eigenvalue weighted by atomic mass is 10.2. The van der Waals surface area contributed by atoms with E-state index in [9.17, 15) is 4.21 Å². The number of ether oxygens (including phenoxy) is 1. The van der Waals surface area contributed by atoms with Gasteiger partial charge in [0.05, 0.1) is 6.61 Å². The van der Waals surface area contributed by atoms with Crippen LogP contribution >= 0.6 is 0 Å². The van der Waals surface area contributed by atoms with Crippen LogP contribution in [0.2, 0.25) is 0 Å². The van der Waals surface area contributed by atoms with Crippen LogP contribution in [0.3, 0.4) is 0 Å². The van der Waals surface area contributed by atoms with Gasteiger partial charge in [-0.2, -0.15) is 0 Å². The smallest absolute Gasteiger partial charge is 0.0577 e. The Labute approximate surface area is 76.1 Å². The molecule has 1 saturated carbocycles. The molecule has 0 bridgehead atoms. The molecular formula is C8H17NO2S. The number of hydrogen-bond acceptors (Lipinski definition) is 3. The van der Waals surface area contributed by atoms with E-state index in [1.165, 1.54) is 12.8 Å². The van der Waals surface area contributed by atoms with Crippen molar-refractivity contribution in [2.45, 2.75) is 18.9 Å². The number of rotatable bonds is 6. The molecule has 1 rings (SSSR count). The summed E-state index contributed by atoms with van der Waals surface area (Å²) < 4.78 is 16.1. The van der Waals surface area contributed by atoms with Gasteiger partial charge in [0.25, 0.3) is 0 Å². The van der Waals surface area contributed by atoms with Crippen LogP contribution in [0.1, 0.15) is 12.8 Å². The van der Waals surface area contributed by atoms with E-state index in [0.29, 0.717) is 24.0 Å². The van der Waals surface area contributed by atoms with Gasteiger partial charge in [0, 0.05) is 35.5 Å². The molecule has 0 radical (unpaired) electrons. The SMILES string of the molecule is COCCS(=O)CC(N)C1CC1. The van der Waals surface area contributed by atoms with Crippen molar-refractivity contribution in [3.05, 3.63) is 0 Å². The summed E-state index contributed by atoms with van der Waals surface area (Å²) >= 11 is 0. The normalized spacial score (nSPS) is 22.2. The van der Waals surface area contributed by atoms with Gasteiger partial charge in [-0.3, -0.25) is 4.21 Å². The molecule has 2 unspecified atom stereocenters. The van der Waals surface area contributed by atoms with E-state index in [1.807, 2.05) is 0 Å². The molecule has 0 amide bonds. The van der Waals surface area contributed by atoms with Crippen molar-refractivity contribution < 1.29 is 8.95 Å². The van der Waals surface area contributed by atoms with E-state index >= 15 is 0 Å². The summed E-state index contributed by atoms with van der Waals surface area (Å²) in [5.41, 5.74) is 5.82. The van der Waals surface area contributed by atoms with Crippen LogP contribution in [0.15, 0.2) is 0 Å². The summed E-state index contributed by atoms with van der Waals surface area (Å²) in [6.07, 6.45) is 2.45. The topological polar surface area (TPSA) is 52.3 Å². The highest BCUT2D eigenvalue weighted by atomic mass is 32.2. The van der Waals surface area contributed by atoms with Crippen molar-refractivity contribution in [1.29, 1.82) is 0 Å². The minimum Gasteiger partial charge on any atom is -0.384 e. The molecule has 0 aliphatic heterocycles. The molecule has 1 fully saturated rings. The molecule has 0 saturated heterocycles. The zero-order chi connectivity index (χ0) is 8.97. The second-order valence-electron chi connectivity index (χ2n) is 3.30. The van der Waals surface area contributed by atoms with Crippen molar-refractivity contribution >= 4 is 10.8 Å². The highest BCUT2D eigenvalue weighted by Gasteiger charge is 2.29. The second-order valence-corrected chi connectivity index (χ2v) is 4.93. The fraction of sp³-hybridized carbons (Fsp3) is 1.00. The first-order chi connectivity index (χ1) is 5.74. The lowest BCUT2D eigenvalue weighted by Gasteiger charge is -2.08. The number of hydrogen-bond donors (Lipinski definition) is 1. The number of methoxy groups -OCH3 is 1. The van der Waals surface area contributed by atoms with E-state index in [-0.39, 0.29) is 6.04 Å². The van der Waals surface area contributed by atoms with Crippen LogP contribution in [-0.4, -0.2) is 35.5 Å². The first-order valence-electron chi connectivity index (χ1n) is 4.33. The second kappa shape index (κ2) is 4.94. The van der Waals surface area contributed by atoms with E-state index < -0.39 is 10.8 Å². The molecule has 0 aromatic heterocycles. The Kier molecular flexibility index (Phi) is 4.18. The van der Waals surface area contributed by atoms with Crippen LogP contribution < -0.4 is 5.73 Å². The van der Waals surface area contributed by atoms with Gasteiger partial charge in [0.15, 0.2) is 0 Å². The zero-order valence-corrected chi connectivity index (χ0v) is 8.31. The molecule has 4 heteroatoms. The minimum atomic E-state index is -0.781. The van der Waals surface area contributed by atoms with E-state index in [2.05, 4.69) is 0 Å². The van der Waals surface area contributed by atoms with E-state index in [1.54, 1.807) is 7.11 Å². The Hall–Kier alpha value is 0.0700. The van der Waals surface area contributed by atoms with Gasteiger partial charge >= 0.3 is 0 Å². The maximum Gasteiger partial charge on any atom is 0.0577 e. The molecule has 3 nitrogen and oxygen atoms in total. The Morgan fingerprint density at radius 3 is 2.83 bits per heavy atom.